The van der Waals surface area contributed by atoms with E-state index in [1.807, 2.05) is 31.2 Å². The molecule has 0 bridgehead atoms. The molecule has 2 heterocycles. The van der Waals surface area contributed by atoms with E-state index in [4.69, 9.17) is 4.74 Å². The summed E-state index contributed by atoms with van der Waals surface area (Å²) in [6, 6.07) is 8.83. The van der Waals surface area contributed by atoms with Crippen LogP contribution in [0, 0.1) is 0 Å². The lowest BCUT2D eigenvalue weighted by molar-refractivity contribution is 0.0526. The van der Waals surface area contributed by atoms with Crippen LogP contribution in [0.2, 0.25) is 0 Å². The fraction of sp³-hybridized carbons (Fsp3) is 0.588. The molecule has 2 fully saturated rings. The van der Waals surface area contributed by atoms with E-state index in [2.05, 4.69) is 10.2 Å². The summed E-state index contributed by atoms with van der Waals surface area (Å²) < 4.78 is 5.06. The summed E-state index contributed by atoms with van der Waals surface area (Å²) in [6.45, 7) is 4.68. The summed E-state index contributed by atoms with van der Waals surface area (Å²) in [6.07, 6.45) is 5.15. The number of fused-ring (bicyclic) bond motifs is 1. The summed E-state index contributed by atoms with van der Waals surface area (Å²) in [4.78, 5) is 14.4. The number of piperidine rings is 1. The average Bonchev–Trinajstić information content (AvgIpc) is 2.91. The molecule has 3 rings (SSSR count). The highest BCUT2D eigenvalue weighted by molar-refractivity contribution is 5.90. The van der Waals surface area contributed by atoms with Crippen molar-refractivity contribution in [1.82, 2.24) is 4.90 Å². The molecule has 0 aromatic heterocycles. The molecule has 0 saturated carbocycles. The minimum atomic E-state index is -0.244. The van der Waals surface area contributed by atoms with Gasteiger partial charge in [-0.15, -0.1) is 0 Å². The molecule has 0 amide bonds. The molecule has 1 aromatic rings. The Morgan fingerprint density at radius 2 is 2.24 bits per heavy atom. The van der Waals surface area contributed by atoms with Gasteiger partial charge in [0.15, 0.2) is 0 Å². The van der Waals surface area contributed by atoms with E-state index >= 15 is 0 Å². The summed E-state index contributed by atoms with van der Waals surface area (Å²) >= 11 is 0. The van der Waals surface area contributed by atoms with E-state index in [1.165, 1.54) is 38.8 Å². The highest BCUT2D eigenvalue weighted by atomic mass is 16.5. The van der Waals surface area contributed by atoms with Crippen LogP contribution in [0.15, 0.2) is 24.3 Å². The van der Waals surface area contributed by atoms with Gasteiger partial charge in [0.25, 0.3) is 0 Å². The number of ether oxygens (including phenoxy) is 1. The Labute approximate surface area is 126 Å². The summed E-state index contributed by atoms with van der Waals surface area (Å²) in [5, 5.41) is 3.63. The zero-order valence-electron chi connectivity index (χ0n) is 12.7. The number of nitrogens with zero attached hydrogens (tertiary/aromatic N) is 1. The van der Waals surface area contributed by atoms with Crippen LogP contribution in [-0.4, -0.2) is 42.6 Å². The van der Waals surface area contributed by atoms with Crippen LogP contribution in [0.4, 0.5) is 5.69 Å². The minimum Gasteiger partial charge on any atom is -0.462 e. The maximum atomic E-state index is 11.8. The van der Waals surface area contributed by atoms with Crippen molar-refractivity contribution in [2.45, 2.75) is 44.7 Å². The Balaban J connectivity index is 1.67. The molecule has 0 aliphatic carbocycles. The van der Waals surface area contributed by atoms with Crippen molar-refractivity contribution in [3.63, 3.8) is 0 Å². The van der Waals surface area contributed by atoms with E-state index in [1.54, 1.807) is 0 Å². The number of carbonyl (C=O) groups excluding carboxylic acids is 1. The van der Waals surface area contributed by atoms with E-state index in [9.17, 15) is 4.79 Å². The Morgan fingerprint density at radius 1 is 1.33 bits per heavy atom. The standard InChI is InChI=1S/C17H24N2O2/c1-2-21-17(20)13-6-5-7-14(12-13)18-15-9-11-19-10-4-3-8-16(15)19/h5-7,12,15-16,18H,2-4,8-11H2,1H3. The van der Waals surface area contributed by atoms with Crippen LogP contribution in [-0.2, 0) is 4.74 Å². The molecule has 1 aromatic carbocycles. The Hall–Kier alpha value is -1.55. The number of nitrogens with one attached hydrogen (secondary N) is 1. The van der Waals surface area contributed by atoms with Crippen molar-refractivity contribution < 1.29 is 9.53 Å². The first kappa shape index (κ1) is 14.4. The molecule has 2 unspecified atom stereocenters. The van der Waals surface area contributed by atoms with Crippen LogP contribution >= 0.6 is 0 Å². The van der Waals surface area contributed by atoms with Crippen LogP contribution in [0.1, 0.15) is 43.0 Å². The molecule has 21 heavy (non-hydrogen) atoms. The fourth-order valence-electron chi connectivity index (χ4n) is 3.58. The molecule has 4 nitrogen and oxygen atoms in total. The number of benzene rings is 1. The van der Waals surface area contributed by atoms with Crippen molar-refractivity contribution >= 4 is 11.7 Å². The van der Waals surface area contributed by atoms with Crippen LogP contribution in [0.3, 0.4) is 0 Å². The molecule has 2 atom stereocenters. The average molecular weight is 288 g/mol. The SMILES string of the molecule is CCOC(=O)c1cccc(NC2CCN3CCCCC23)c1. The van der Waals surface area contributed by atoms with Crippen molar-refractivity contribution in [3.05, 3.63) is 29.8 Å². The van der Waals surface area contributed by atoms with E-state index in [-0.39, 0.29) is 5.97 Å². The minimum absolute atomic E-state index is 0.244. The maximum absolute atomic E-state index is 11.8. The van der Waals surface area contributed by atoms with Gasteiger partial charge in [-0.25, -0.2) is 4.79 Å². The van der Waals surface area contributed by atoms with Gasteiger partial charge >= 0.3 is 5.97 Å². The number of anilines is 1. The van der Waals surface area contributed by atoms with E-state index < -0.39 is 0 Å². The number of hydrogen-bond donors (Lipinski definition) is 1. The maximum Gasteiger partial charge on any atom is 0.338 e. The highest BCUT2D eigenvalue weighted by Crippen LogP contribution is 2.29. The van der Waals surface area contributed by atoms with Gasteiger partial charge in [0, 0.05) is 24.3 Å². The van der Waals surface area contributed by atoms with Crippen molar-refractivity contribution in [3.8, 4) is 0 Å². The molecule has 1 N–H and O–H groups in total. The molecule has 4 heteroatoms. The second-order valence-electron chi connectivity index (χ2n) is 5.94. The highest BCUT2D eigenvalue weighted by Gasteiger charge is 2.35. The van der Waals surface area contributed by atoms with Crippen LogP contribution in [0.5, 0.6) is 0 Å². The fourth-order valence-corrected chi connectivity index (χ4v) is 3.58. The molecular formula is C17H24N2O2. The largest absolute Gasteiger partial charge is 0.462 e. The normalized spacial score (nSPS) is 25.4. The van der Waals surface area contributed by atoms with Crippen LogP contribution in [0.25, 0.3) is 0 Å². The van der Waals surface area contributed by atoms with Crippen molar-refractivity contribution in [2.24, 2.45) is 0 Å². The second-order valence-corrected chi connectivity index (χ2v) is 5.94. The van der Waals surface area contributed by atoms with Crippen LogP contribution < -0.4 is 5.32 Å². The van der Waals surface area contributed by atoms with Crippen molar-refractivity contribution in [1.29, 1.82) is 0 Å². The van der Waals surface area contributed by atoms with Gasteiger partial charge in [0.2, 0.25) is 0 Å². The second kappa shape index (κ2) is 6.48. The van der Waals surface area contributed by atoms with E-state index in [0.717, 1.165) is 5.69 Å². The Morgan fingerprint density at radius 3 is 3.10 bits per heavy atom. The molecule has 0 radical (unpaired) electrons. The number of hydrogen-bond acceptors (Lipinski definition) is 4. The lowest BCUT2D eigenvalue weighted by atomic mass is 9.99. The lowest BCUT2D eigenvalue weighted by Crippen LogP contribution is -2.41. The predicted molar refractivity (Wildman–Crippen MR) is 83.6 cm³/mol. The third kappa shape index (κ3) is 3.21. The van der Waals surface area contributed by atoms with Gasteiger partial charge in [-0.3, -0.25) is 4.90 Å². The van der Waals surface area contributed by atoms with Gasteiger partial charge in [-0.2, -0.15) is 0 Å². The molecule has 0 spiro atoms. The number of carbonyl (C=O) groups is 1. The molecule has 114 valence electrons. The first-order valence-electron chi connectivity index (χ1n) is 8.05. The number of esters is 1. The van der Waals surface area contributed by atoms with E-state index in [0.29, 0.717) is 24.3 Å². The molecular weight excluding hydrogens is 264 g/mol. The Kier molecular flexibility index (Phi) is 4.44. The summed E-state index contributed by atoms with van der Waals surface area (Å²) in [7, 11) is 0. The smallest absolute Gasteiger partial charge is 0.338 e. The first-order valence-corrected chi connectivity index (χ1v) is 8.05. The van der Waals surface area contributed by atoms with Gasteiger partial charge in [-0.05, 0) is 50.9 Å². The topological polar surface area (TPSA) is 41.6 Å². The molecule has 2 aliphatic heterocycles. The monoisotopic (exact) mass is 288 g/mol. The quantitative estimate of drug-likeness (QED) is 0.865. The van der Waals surface area contributed by atoms with Crippen molar-refractivity contribution in [2.75, 3.05) is 25.0 Å². The third-order valence-electron chi connectivity index (χ3n) is 4.58. The zero-order valence-corrected chi connectivity index (χ0v) is 12.7. The lowest BCUT2D eigenvalue weighted by Gasteiger charge is -2.33. The summed E-state index contributed by atoms with van der Waals surface area (Å²) in [5.41, 5.74) is 1.65. The number of rotatable bonds is 4. The van der Waals surface area contributed by atoms with Gasteiger partial charge in [0.05, 0.1) is 12.2 Å². The molecule has 2 saturated heterocycles. The Bertz CT molecular complexity index is 503. The van der Waals surface area contributed by atoms with Gasteiger partial charge in [-0.1, -0.05) is 12.5 Å². The predicted octanol–water partition coefficient (Wildman–Crippen LogP) is 2.90. The first-order chi connectivity index (χ1) is 10.3. The van der Waals surface area contributed by atoms with Gasteiger partial charge < -0.3 is 10.1 Å². The molecule has 2 aliphatic rings. The summed E-state index contributed by atoms with van der Waals surface area (Å²) in [5.74, 6) is -0.244. The van der Waals surface area contributed by atoms with Gasteiger partial charge in [0.1, 0.15) is 0 Å². The zero-order chi connectivity index (χ0) is 14.7. The third-order valence-corrected chi connectivity index (χ3v) is 4.58.